The Hall–Kier alpha value is -6.12. The molecule has 1 aliphatic carbocycles. The first-order chi connectivity index (χ1) is 23.8. The molecule has 9 aromatic rings. The first-order valence-corrected chi connectivity index (χ1v) is 16.7. The Balaban J connectivity index is 1.29. The van der Waals surface area contributed by atoms with Crippen molar-refractivity contribution in [3.05, 3.63) is 169 Å². The molecule has 0 amide bonds. The van der Waals surface area contributed by atoms with Crippen LogP contribution in [0.5, 0.6) is 0 Å². The van der Waals surface area contributed by atoms with Crippen molar-refractivity contribution < 1.29 is 4.42 Å². The molecule has 2 heteroatoms. The fourth-order valence-electron chi connectivity index (χ4n) is 7.88. The van der Waals surface area contributed by atoms with Gasteiger partial charge in [0.2, 0.25) is 0 Å². The fraction of sp³-hybridized carbons (Fsp3) is 0.0435. The van der Waals surface area contributed by atoms with Crippen LogP contribution in [-0.4, -0.2) is 0 Å². The second-order valence-electron chi connectivity index (χ2n) is 12.8. The van der Waals surface area contributed by atoms with E-state index >= 15 is 0 Å². The van der Waals surface area contributed by atoms with Gasteiger partial charge in [0, 0.05) is 22.3 Å². The summed E-state index contributed by atoms with van der Waals surface area (Å²) in [4.78, 5) is 2.48. The van der Waals surface area contributed by atoms with Gasteiger partial charge in [-0.25, -0.2) is 0 Å². The average Bonchev–Trinajstić information content (AvgIpc) is 3.55. The van der Waals surface area contributed by atoms with Crippen LogP contribution in [0.2, 0.25) is 0 Å². The van der Waals surface area contributed by atoms with Crippen molar-refractivity contribution in [2.45, 2.75) is 12.8 Å². The lowest BCUT2D eigenvalue weighted by atomic mass is 9.93. The van der Waals surface area contributed by atoms with Gasteiger partial charge in [-0.2, -0.15) is 0 Å². The van der Waals surface area contributed by atoms with E-state index in [2.05, 4.69) is 169 Å². The monoisotopic (exact) mass is 613 g/mol. The smallest absolute Gasteiger partial charge is 0.145 e. The molecule has 1 heterocycles. The largest absolute Gasteiger partial charge is 0.455 e. The van der Waals surface area contributed by atoms with Crippen LogP contribution < -0.4 is 4.90 Å². The number of benzene rings is 8. The minimum Gasteiger partial charge on any atom is -0.455 e. The molecule has 48 heavy (non-hydrogen) atoms. The highest BCUT2D eigenvalue weighted by Crippen LogP contribution is 2.48. The molecule has 0 radical (unpaired) electrons. The minimum absolute atomic E-state index is 0.893. The normalized spacial score (nSPS) is 12.8. The van der Waals surface area contributed by atoms with Crippen molar-refractivity contribution in [2.75, 3.05) is 4.90 Å². The van der Waals surface area contributed by atoms with E-state index in [1.807, 2.05) is 0 Å². The third kappa shape index (κ3) is 4.13. The van der Waals surface area contributed by atoms with Gasteiger partial charge in [-0.15, -0.1) is 0 Å². The Morgan fingerprint density at radius 3 is 2.15 bits per heavy atom. The lowest BCUT2D eigenvalue weighted by Gasteiger charge is -2.30. The summed E-state index contributed by atoms with van der Waals surface area (Å²) in [6.07, 6.45) is 6.60. The van der Waals surface area contributed by atoms with E-state index in [-0.39, 0.29) is 0 Å². The van der Waals surface area contributed by atoms with Crippen LogP contribution >= 0.6 is 0 Å². The van der Waals surface area contributed by atoms with E-state index in [1.54, 1.807) is 0 Å². The summed E-state index contributed by atoms with van der Waals surface area (Å²) in [5.74, 6) is 0. The lowest BCUT2D eigenvalue weighted by Crippen LogP contribution is -2.14. The van der Waals surface area contributed by atoms with E-state index in [9.17, 15) is 0 Å². The van der Waals surface area contributed by atoms with E-state index in [4.69, 9.17) is 4.42 Å². The third-order valence-electron chi connectivity index (χ3n) is 10.1. The van der Waals surface area contributed by atoms with Crippen LogP contribution in [-0.2, 0) is 6.42 Å². The van der Waals surface area contributed by atoms with Gasteiger partial charge in [-0.1, -0.05) is 127 Å². The van der Waals surface area contributed by atoms with Crippen molar-refractivity contribution in [2.24, 2.45) is 0 Å². The first kappa shape index (κ1) is 27.0. The molecule has 2 nitrogen and oxygen atoms in total. The molecular weight excluding hydrogens is 583 g/mol. The van der Waals surface area contributed by atoms with Gasteiger partial charge >= 0.3 is 0 Å². The zero-order chi connectivity index (χ0) is 31.6. The van der Waals surface area contributed by atoms with E-state index in [0.29, 0.717) is 0 Å². The Kier molecular flexibility index (Phi) is 6.04. The molecule has 8 aromatic carbocycles. The Morgan fingerprint density at radius 1 is 0.500 bits per heavy atom. The van der Waals surface area contributed by atoms with Gasteiger partial charge in [0.05, 0.1) is 11.1 Å². The van der Waals surface area contributed by atoms with Crippen LogP contribution in [0.4, 0.5) is 17.1 Å². The number of hydrogen-bond acceptors (Lipinski definition) is 2. The van der Waals surface area contributed by atoms with Crippen LogP contribution in [0, 0.1) is 0 Å². The molecule has 1 aliphatic rings. The standard InChI is InChI=1S/C46H31NO/c1-5-17-36-30(11-1)14-9-20-39(36)40-27-28-43(45-41-19-7-8-22-44(41)48-46(40)45)47(42-21-10-15-31-12-3-6-18-38(31)42)34-25-26-37-33(29-34)24-23-32-13-2-4-16-35(32)37/h1-5,7-17,19-29H,6,18H2. The topological polar surface area (TPSA) is 16.4 Å². The molecule has 0 saturated carbocycles. The van der Waals surface area contributed by atoms with Crippen molar-refractivity contribution in [1.82, 2.24) is 0 Å². The van der Waals surface area contributed by atoms with E-state index in [0.717, 1.165) is 51.7 Å². The van der Waals surface area contributed by atoms with Gasteiger partial charge in [0.1, 0.15) is 11.2 Å². The van der Waals surface area contributed by atoms with Crippen molar-refractivity contribution in [3.8, 4) is 11.1 Å². The van der Waals surface area contributed by atoms with Crippen LogP contribution in [0.15, 0.2) is 162 Å². The Bertz CT molecular complexity index is 2740. The summed E-state index contributed by atoms with van der Waals surface area (Å²) in [5.41, 5.74) is 10.2. The summed E-state index contributed by atoms with van der Waals surface area (Å²) in [5, 5.41) is 9.70. The van der Waals surface area contributed by atoms with Gasteiger partial charge < -0.3 is 9.32 Å². The third-order valence-corrected chi connectivity index (χ3v) is 10.1. The maximum Gasteiger partial charge on any atom is 0.145 e. The Labute approximate surface area is 278 Å². The van der Waals surface area contributed by atoms with Gasteiger partial charge in [0.25, 0.3) is 0 Å². The van der Waals surface area contributed by atoms with Crippen LogP contribution in [0.25, 0.3) is 71.5 Å². The predicted octanol–water partition coefficient (Wildman–Crippen LogP) is 13.1. The van der Waals surface area contributed by atoms with Crippen LogP contribution in [0.1, 0.15) is 17.5 Å². The number of para-hydroxylation sites is 1. The summed E-state index contributed by atoms with van der Waals surface area (Å²) in [6.45, 7) is 0. The summed E-state index contributed by atoms with van der Waals surface area (Å²) in [6, 6.07) is 55.0. The maximum absolute atomic E-state index is 6.84. The van der Waals surface area contributed by atoms with E-state index < -0.39 is 0 Å². The molecule has 1 aromatic heterocycles. The molecular formula is C46H31NO. The fourth-order valence-corrected chi connectivity index (χ4v) is 7.88. The molecule has 0 aliphatic heterocycles. The number of allylic oxidation sites excluding steroid dienone is 1. The van der Waals surface area contributed by atoms with Crippen molar-refractivity contribution in [3.63, 3.8) is 0 Å². The number of furan rings is 1. The number of nitrogens with zero attached hydrogens (tertiary/aromatic N) is 1. The van der Waals surface area contributed by atoms with Crippen molar-refractivity contribution in [1.29, 1.82) is 0 Å². The number of fused-ring (bicyclic) bond motifs is 8. The number of rotatable bonds is 4. The van der Waals surface area contributed by atoms with Gasteiger partial charge in [-0.3, -0.25) is 0 Å². The molecule has 0 bridgehead atoms. The maximum atomic E-state index is 6.84. The van der Waals surface area contributed by atoms with Gasteiger partial charge in [0.15, 0.2) is 0 Å². The average molecular weight is 614 g/mol. The summed E-state index contributed by atoms with van der Waals surface area (Å²) >= 11 is 0. The highest BCUT2D eigenvalue weighted by atomic mass is 16.3. The summed E-state index contributed by atoms with van der Waals surface area (Å²) in [7, 11) is 0. The van der Waals surface area contributed by atoms with Crippen molar-refractivity contribution >= 4 is 77.4 Å². The molecule has 0 spiro atoms. The Morgan fingerprint density at radius 2 is 1.23 bits per heavy atom. The SMILES string of the molecule is C1=Cc2cccc(N(c3ccc4c(ccc5ccccc54)c3)c3ccc(-c4cccc5ccccc45)c4oc5ccccc5c34)c2CC1. The number of anilines is 3. The highest BCUT2D eigenvalue weighted by molar-refractivity contribution is 6.19. The molecule has 226 valence electrons. The highest BCUT2D eigenvalue weighted by Gasteiger charge is 2.25. The van der Waals surface area contributed by atoms with Crippen LogP contribution in [0.3, 0.4) is 0 Å². The summed E-state index contributed by atoms with van der Waals surface area (Å²) < 4.78 is 6.84. The lowest BCUT2D eigenvalue weighted by molar-refractivity contribution is 0.670. The zero-order valence-electron chi connectivity index (χ0n) is 26.4. The molecule has 0 atom stereocenters. The zero-order valence-corrected chi connectivity index (χ0v) is 26.4. The molecule has 0 unspecified atom stereocenters. The minimum atomic E-state index is 0.893. The molecule has 0 saturated heterocycles. The van der Waals surface area contributed by atoms with Gasteiger partial charge in [-0.05, 0) is 98.2 Å². The quantitative estimate of drug-likeness (QED) is 0.184. The molecule has 0 N–H and O–H groups in total. The molecule has 10 rings (SSSR count). The second-order valence-corrected chi connectivity index (χ2v) is 12.8. The second kappa shape index (κ2) is 10.7. The number of hydrogen-bond donors (Lipinski definition) is 0. The van der Waals surface area contributed by atoms with E-state index in [1.165, 1.54) is 54.7 Å². The molecule has 0 fully saturated rings. The first-order valence-electron chi connectivity index (χ1n) is 16.7. The predicted molar refractivity (Wildman–Crippen MR) is 204 cm³/mol.